The van der Waals surface area contributed by atoms with E-state index in [1.165, 1.54) is 0 Å². The van der Waals surface area contributed by atoms with Crippen LogP contribution in [0.1, 0.15) is 32.3 Å². The van der Waals surface area contributed by atoms with Gasteiger partial charge in [-0.05, 0) is 38.3 Å². The molecule has 4 heteroatoms. The zero-order chi connectivity index (χ0) is 15.9. The molecule has 0 aromatic heterocycles. The van der Waals surface area contributed by atoms with Gasteiger partial charge in [0, 0.05) is 18.7 Å². The minimum atomic E-state index is -0.192. The molecular weight excluding hydrogens is 278 g/mol. The predicted molar refractivity (Wildman–Crippen MR) is 86.0 cm³/mol. The third kappa shape index (κ3) is 4.20. The van der Waals surface area contributed by atoms with E-state index in [1.807, 2.05) is 43.3 Å². The van der Waals surface area contributed by atoms with Gasteiger partial charge in [0.25, 0.3) is 0 Å². The van der Waals surface area contributed by atoms with Crippen molar-refractivity contribution >= 4 is 18.0 Å². The predicted octanol–water partition coefficient (Wildman–Crippen LogP) is 2.89. The number of rotatable bonds is 4. The van der Waals surface area contributed by atoms with Crippen LogP contribution < -0.4 is 0 Å². The summed E-state index contributed by atoms with van der Waals surface area (Å²) >= 11 is 0. The van der Waals surface area contributed by atoms with E-state index >= 15 is 0 Å². The van der Waals surface area contributed by atoms with E-state index in [-0.39, 0.29) is 17.8 Å². The summed E-state index contributed by atoms with van der Waals surface area (Å²) in [6.45, 7) is 5.17. The maximum Gasteiger partial charge on any atom is 0.310 e. The SMILES string of the molecule is CCOC(=O)[C@@H]1CCCN(C(=O)/C(C)=C/c2ccccc2)C1. The van der Waals surface area contributed by atoms with E-state index in [0.717, 1.165) is 18.4 Å². The van der Waals surface area contributed by atoms with Gasteiger partial charge in [0.05, 0.1) is 12.5 Å². The fourth-order valence-corrected chi connectivity index (χ4v) is 2.72. The van der Waals surface area contributed by atoms with Crippen LogP contribution in [0.25, 0.3) is 6.08 Å². The number of hydrogen-bond donors (Lipinski definition) is 0. The Balaban J connectivity index is 2.02. The van der Waals surface area contributed by atoms with E-state index in [2.05, 4.69) is 0 Å². The highest BCUT2D eigenvalue weighted by Gasteiger charge is 2.29. The van der Waals surface area contributed by atoms with Gasteiger partial charge in [0.2, 0.25) is 5.91 Å². The van der Waals surface area contributed by atoms with E-state index in [0.29, 0.717) is 25.3 Å². The van der Waals surface area contributed by atoms with Gasteiger partial charge in [-0.3, -0.25) is 9.59 Å². The molecule has 1 fully saturated rings. The Bertz CT molecular complexity index is 551. The van der Waals surface area contributed by atoms with Gasteiger partial charge in [0.1, 0.15) is 0 Å². The largest absolute Gasteiger partial charge is 0.466 e. The molecule has 0 N–H and O–H groups in total. The molecule has 0 unspecified atom stereocenters. The third-order valence-electron chi connectivity index (χ3n) is 3.85. The van der Waals surface area contributed by atoms with E-state index in [1.54, 1.807) is 11.8 Å². The maximum absolute atomic E-state index is 12.5. The average Bonchev–Trinajstić information content (AvgIpc) is 2.55. The highest BCUT2D eigenvalue weighted by molar-refractivity contribution is 5.97. The zero-order valence-corrected chi connectivity index (χ0v) is 13.2. The zero-order valence-electron chi connectivity index (χ0n) is 13.2. The number of nitrogens with zero attached hydrogens (tertiary/aromatic N) is 1. The second-order valence-electron chi connectivity index (χ2n) is 5.58. The number of piperidine rings is 1. The van der Waals surface area contributed by atoms with Crippen LogP contribution in [0, 0.1) is 5.92 Å². The maximum atomic E-state index is 12.5. The van der Waals surface area contributed by atoms with Gasteiger partial charge in [0.15, 0.2) is 0 Å². The summed E-state index contributed by atoms with van der Waals surface area (Å²) in [5.74, 6) is -0.385. The van der Waals surface area contributed by atoms with Crippen molar-refractivity contribution in [3.8, 4) is 0 Å². The second-order valence-corrected chi connectivity index (χ2v) is 5.58. The molecule has 0 aliphatic carbocycles. The lowest BCUT2D eigenvalue weighted by molar-refractivity contribution is -0.150. The fraction of sp³-hybridized carbons (Fsp3) is 0.444. The Labute approximate surface area is 131 Å². The second kappa shape index (κ2) is 7.78. The Morgan fingerprint density at radius 1 is 1.32 bits per heavy atom. The first-order chi connectivity index (χ1) is 10.6. The number of carbonyl (C=O) groups excluding carboxylic acids is 2. The van der Waals surface area contributed by atoms with Crippen molar-refractivity contribution in [2.75, 3.05) is 19.7 Å². The number of amides is 1. The quantitative estimate of drug-likeness (QED) is 0.634. The summed E-state index contributed by atoms with van der Waals surface area (Å²) < 4.78 is 5.07. The number of benzene rings is 1. The molecule has 0 spiro atoms. The molecule has 1 amide bonds. The van der Waals surface area contributed by atoms with Crippen LogP contribution in [0.3, 0.4) is 0 Å². The molecule has 1 heterocycles. The molecule has 1 aliphatic rings. The minimum absolute atomic E-state index is 0.00199. The van der Waals surface area contributed by atoms with Crippen molar-refractivity contribution in [1.29, 1.82) is 0 Å². The van der Waals surface area contributed by atoms with Gasteiger partial charge >= 0.3 is 5.97 Å². The Hall–Kier alpha value is -2.10. The van der Waals surface area contributed by atoms with Crippen molar-refractivity contribution in [3.05, 3.63) is 41.5 Å². The van der Waals surface area contributed by atoms with E-state index in [9.17, 15) is 9.59 Å². The molecule has 1 aromatic rings. The number of likely N-dealkylation sites (tertiary alicyclic amines) is 1. The average molecular weight is 301 g/mol. The molecule has 0 bridgehead atoms. The molecule has 0 radical (unpaired) electrons. The molecule has 22 heavy (non-hydrogen) atoms. The standard InChI is InChI=1S/C18H23NO3/c1-3-22-18(21)16-10-7-11-19(13-16)17(20)14(2)12-15-8-5-4-6-9-15/h4-6,8-9,12,16H,3,7,10-11,13H2,1-2H3/b14-12+/t16-/m1/s1. The summed E-state index contributed by atoms with van der Waals surface area (Å²) in [6.07, 6.45) is 3.52. The molecule has 4 nitrogen and oxygen atoms in total. The number of hydrogen-bond acceptors (Lipinski definition) is 3. The Kier molecular flexibility index (Phi) is 5.75. The van der Waals surface area contributed by atoms with Crippen molar-refractivity contribution in [2.45, 2.75) is 26.7 Å². The topological polar surface area (TPSA) is 46.6 Å². The van der Waals surface area contributed by atoms with Crippen LogP contribution >= 0.6 is 0 Å². The molecule has 1 atom stereocenters. The summed E-state index contributed by atoms with van der Waals surface area (Å²) in [5.41, 5.74) is 1.70. The highest BCUT2D eigenvalue weighted by Crippen LogP contribution is 2.20. The molecule has 1 saturated heterocycles. The summed E-state index contributed by atoms with van der Waals surface area (Å²) in [7, 11) is 0. The highest BCUT2D eigenvalue weighted by atomic mass is 16.5. The number of esters is 1. The van der Waals surface area contributed by atoms with Gasteiger partial charge in [-0.2, -0.15) is 0 Å². The van der Waals surface area contributed by atoms with Crippen molar-refractivity contribution < 1.29 is 14.3 Å². The number of ether oxygens (including phenoxy) is 1. The van der Waals surface area contributed by atoms with Crippen molar-refractivity contribution in [2.24, 2.45) is 5.92 Å². The van der Waals surface area contributed by atoms with Crippen LogP contribution in [0.5, 0.6) is 0 Å². The third-order valence-corrected chi connectivity index (χ3v) is 3.85. The molecular formula is C18H23NO3. The van der Waals surface area contributed by atoms with Crippen LogP contribution in [-0.2, 0) is 14.3 Å². The Morgan fingerprint density at radius 3 is 2.73 bits per heavy atom. The summed E-state index contributed by atoms with van der Waals surface area (Å²) in [5, 5.41) is 0. The van der Waals surface area contributed by atoms with Crippen LogP contribution in [0.2, 0.25) is 0 Å². The first kappa shape index (κ1) is 16.3. The van der Waals surface area contributed by atoms with Crippen molar-refractivity contribution in [3.63, 3.8) is 0 Å². The monoisotopic (exact) mass is 301 g/mol. The fourth-order valence-electron chi connectivity index (χ4n) is 2.72. The molecule has 2 rings (SSSR count). The van der Waals surface area contributed by atoms with Crippen LogP contribution in [0.4, 0.5) is 0 Å². The summed E-state index contributed by atoms with van der Waals surface area (Å²) in [6, 6.07) is 9.77. The normalized spacial score (nSPS) is 18.9. The van der Waals surface area contributed by atoms with Crippen LogP contribution in [0.15, 0.2) is 35.9 Å². The first-order valence-electron chi connectivity index (χ1n) is 7.81. The molecule has 1 aromatic carbocycles. The van der Waals surface area contributed by atoms with Gasteiger partial charge in [-0.15, -0.1) is 0 Å². The Morgan fingerprint density at radius 2 is 2.05 bits per heavy atom. The smallest absolute Gasteiger partial charge is 0.310 e. The lowest BCUT2D eigenvalue weighted by Gasteiger charge is -2.31. The van der Waals surface area contributed by atoms with Gasteiger partial charge < -0.3 is 9.64 Å². The first-order valence-corrected chi connectivity index (χ1v) is 7.81. The van der Waals surface area contributed by atoms with E-state index < -0.39 is 0 Å². The van der Waals surface area contributed by atoms with Gasteiger partial charge in [-0.25, -0.2) is 0 Å². The van der Waals surface area contributed by atoms with Crippen LogP contribution in [-0.4, -0.2) is 36.5 Å². The lowest BCUT2D eigenvalue weighted by Crippen LogP contribution is -2.43. The minimum Gasteiger partial charge on any atom is -0.466 e. The van der Waals surface area contributed by atoms with Crippen molar-refractivity contribution in [1.82, 2.24) is 4.90 Å². The molecule has 118 valence electrons. The van der Waals surface area contributed by atoms with E-state index in [4.69, 9.17) is 4.74 Å². The summed E-state index contributed by atoms with van der Waals surface area (Å²) in [4.78, 5) is 26.2. The van der Waals surface area contributed by atoms with Gasteiger partial charge in [-0.1, -0.05) is 30.3 Å². The molecule has 0 saturated carbocycles. The number of carbonyl (C=O) groups is 2. The lowest BCUT2D eigenvalue weighted by atomic mass is 9.97. The molecule has 1 aliphatic heterocycles.